The zero-order chi connectivity index (χ0) is 12.7. The van der Waals surface area contributed by atoms with Gasteiger partial charge in [0.05, 0.1) is 5.39 Å². The molecule has 0 spiro atoms. The molecule has 1 aromatic carbocycles. The van der Waals surface area contributed by atoms with Crippen LogP contribution in [-0.2, 0) is 0 Å². The molecule has 0 unspecified atom stereocenters. The average Bonchev–Trinajstić information content (AvgIpc) is 3.06. The van der Waals surface area contributed by atoms with E-state index in [0.717, 1.165) is 22.1 Å². The van der Waals surface area contributed by atoms with Crippen molar-refractivity contribution in [3.05, 3.63) is 42.9 Å². The summed E-state index contributed by atoms with van der Waals surface area (Å²) in [5, 5.41) is 8.77. The molecule has 19 heavy (non-hydrogen) atoms. The number of nitrogens with zero attached hydrogens (tertiary/aromatic N) is 5. The fourth-order valence-electron chi connectivity index (χ4n) is 1.92. The van der Waals surface area contributed by atoms with Gasteiger partial charge in [0.1, 0.15) is 23.0 Å². The van der Waals surface area contributed by atoms with Crippen LogP contribution in [0.15, 0.2) is 42.9 Å². The molecule has 4 rings (SSSR count). The van der Waals surface area contributed by atoms with E-state index in [1.165, 1.54) is 11.2 Å². The maximum absolute atomic E-state index is 5.68. The van der Waals surface area contributed by atoms with Crippen LogP contribution in [0.25, 0.3) is 22.1 Å². The van der Waals surface area contributed by atoms with Crippen LogP contribution in [0.4, 0.5) is 0 Å². The molecule has 7 heteroatoms. The lowest BCUT2D eigenvalue weighted by molar-refractivity contribution is 0.178. The van der Waals surface area contributed by atoms with Crippen molar-refractivity contribution in [2.75, 3.05) is 0 Å². The molecule has 0 fully saturated rings. The van der Waals surface area contributed by atoms with E-state index >= 15 is 0 Å². The predicted octanol–water partition coefficient (Wildman–Crippen LogP) is 1.54. The quantitative estimate of drug-likeness (QED) is 0.585. The predicted molar refractivity (Wildman–Crippen MR) is 67.4 cm³/mol. The minimum Gasteiger partial charge on any atom is -0.346 e. The number of para-hydroxylation sites is 1. The van der Waals surface area contributed by atoms with E-state index in [4.69, 9.17) is 4.84 Å². The van der Waals surface area contributed by atoms with Gasteiger partial charge >= 0.3 is 0 Å². The number of fused-ring (bicyclic) bond motifs is 2. The first kappa shape index (κ1) is 10.0. The Morgan fingerprint density at radius 3 is 3.05 bits per heavy atom. The molecule has 0 atom stereocenters. The van der Waals surface area contributed by atoms with E-state index < -0.39 is 0 Å². The van der Waals surface area contributed by atoms with Gasteiger partial charge in [-0.1, -0.05) is 17.0 Å². The van der Waals surface area contributed by atoms with Crippen molar-refractivity contribution in [2.45, 2.75) is 0 Å². The van der Waals surface area contributed by atoms with Crippen LogP contribution in [0, 0.1) is 0 Å². The molecule has 92 valence electrons. The number of benzene rings is 1. The van der Waals surface area contributed by atoms with E-state index in [2.05, 4.69) is 25.3 Å². The van der Waals surface area contributed by atoms with E-state index in [-0.39, 0.29) is 0 Å². The van der Waals surface area contributed by atoms with Crippen LogP contribution in [0.5, 0.6) is 5.88 Å². The third-order valence-corrected chi connectivity index (χ3v) is 2.81. The molecule has 0 saturated heterocycles. The second kappa shape index (κ2) is 3.77. The largest absolute Gasteiger partial charge is 0.346 e. The Hall–Kier alpha value is -2.96. The van der Waals surface area contributed by atoms with Gasteiger partial charge in [-0.25, -0.2) is 4.98 Å². The molecule has 3 aromatic heterocycles. The Morgan fingerprint density at radius 2 is 2.05 bits per heavy atom. The summed E-state index contributed by atoms with van der Waals surface area (Å²) in [5.74, 6) is 0.432. The van der Waals surface area contributed by atoms with E-state index in [9.17, 15) is 0 Å². The zero-order valence-electron chi connectivity index (χ0n) is 9.69. The molecule has 0 radical (unpaired) electrons. The van der Waals surface area contributed by atoms with Crippen molar-refractivity contribution in [1.82, 2.24) is 30.1 Å². The van der Waals surface area contributed by atoms with Gasteiger partial charge in [-0.05, 0) is 23.4 Å². The van der Waals surface area contributed by atoms with Gasteiger partial charge in [0, 0.05) is 6.20 Å². The van der Waals surface area contributed by atoms with Crippen LogP contribution in [0.2, 0.25) is 0 Å². The smallest absolute Gasteiger partial charge is 0.261 e. The van der Waals surface area contributed by atoms with Gasteiger partial charge in [0.15, 0.2) is 0 Å². The number of nitrogens with one attached hydrogen (secondary N) is 1. The second-order valence-electron chi connectivity index (χ2n) is 3.96. The summed E-state index contributed by atoms with van der Waals surface area (Å²) < 4.78 is 0. The van der Waals surface area contributed by atoms with Crippen molar-refractivity contribution in [3.63, 3.8) is 0 Å². The third kappa shape index (κ3) is 1.52. The summed E-state index contributed by atoms with van der Waals surface area (Å²) in [6, 6.07) is 9.40. The maximum atomic E-state index is 5.68. The molecule has 0 amide bonds. The molecule has 0 bridgehead atoms. The summed E-state index contributed by atoms with van der Waals surface area (Å²) in [4.78, 5) is 18.2. The Labute approximate surface area is 106 Å². The number of hydrogen-bond acceptors (Lipinski definition) is 5. The lowest BCUT2D eigenvalue weighted by Gasteiger charge is -2.03. The van der Waals surface area contributed by atoms with Gasteiger partial charge in [-0.2, -0.15) is 4.98 Å². The van der Waals surface area contributed by atoms with Crippen molar-refractivity contribution < 1.29 is 4.84 Å². The van der Waals surface area contributed by atoms with Gasteiger partial charge in [0.25, 0.3) is 5.88 Å². The first-order valence-corrected chi connectivity index (χ1v) is 5.69. The zero-order valence-corrected chi connectivity index (χ0v) is 9.69. The fourth-order valence-corrected chi connectivity index (χ4v) is 1.92. The highest BCUT2D eigenvalue weighted by atomic mass is 16.7. The standard InChI is InChI=1S/C12H8N6O/c1-2-4-10-9(3-1)16-17-18(10)19-12-8-5-6-13-11(8)14-7-15-12/h1-7H,(H,13,14,15). The third-order valence-electron chi connectivity index (χ3n) is 2.81. The van der Waals surface area contributed by atoms with Gasteiger partial charge < -0.3 is 9.82 Å². The van der Waals surface area contributed by atoms with E-state index in [0.29, 0.717) is 5.88 Å². The SMILES string of the molecule is c1ccc2c(c1)nnn2Oc1ncnc2[nH]ccc12. The van der Waals surface area contributed by atoms with Crippen molar-refractivity contribution in [1.29, 1.82) is 0 Å². The topological polar surface area (TPSA) is 81.5 Å². The molecular formula is C12H8N6O. The normalized spacial score (nSPS) is 11.2. The van der Waals surface area contributed by atoms with E-state index in [1.54, 1.807) is 6.20 Å². The van der Waals surface area contributed by atoms with E-state index in [1.807, 2.05) is 30.3 Å². The number of aromatic amines is 1. The summed E-state index contributed by atoms with van der Waals surface area (Å²) in [5.41, 5.74) is 2.26. The molecule has 7 nitrogen and oxygen atoms in total. The molecular weight excluding hydrogens is 244 g/mol. The molecule has 1 N–H and O–H groups in total. The van der Waals surface area contributed by atoms with Crippen molar-refractivity contribution in [3.8, 4) is 5.88 Å². The number of hydrogen-bond donors (Lipinski definition) is 1. The molecule has 4 aromatic rings. The van der Waals surface area contributed by atoms with Crippen molar-refractivity contribution >= 4 is 22.1 Å². The highest BCUT2D eigenvalue weighted by Crippen LogP contribution is 2.21. The summed E-state index contributed by atoms with van der Waals surface area (Å²) >= 11 is 0. The number of rotatable bonds is 2. The van der Waals surface area contributed by atoms with Gasteiger partial charge in [-0.15, -0.1) is 5.10 Å². The second-order valence-corrected chi connectivity index (χ2v) is 3.96. The first-order chi connectivity index (χ1) is 9.42. The fraction of sp³-hybridized carbons (Fsp3) is 0. The lowest BCUT2D eigenvalue weighted by Crippen LogP contribution is -2.08. The van der Waals surface area contributed by atoms with Gasteiger partial charge in [-0.3, -0.25) is 0 Å². The number of H-pyrrole nitrogens is 1. The molecule has 0 saturated carbocycles. The number of aromatic nitrogens is 6. The summed E-state index contributed by atoms with van der Waals surface area (Å²) in [6.07, 6.45) is 3.22. The minimum atomic E-state index is 0.432. The Bertz CT molecular complexity index is 865. The summed E-state index contributed by atoms with van der Waals surface area (Å²) in [6.45, 7) is 0. The minimum absolute atomic E-state index is 0.432. The highest BCUT2D eigenvalue weighted by Gasteiger charge is 2.10. The molecule has 3 heterocycles. The van der Waals surface area contributed by atoms with Crippen LogP contribution < -0.4 is 4.84 Å². The Balaban J connectivity index is 1.84. The van der Waals surface area contributed by atoms with Gasteiger partial charge in [0.2, 0.25) is 0 Å². The van der Waals surface area contributed by atoms with Crippen LogP contribution in [-0.4, -0.2) is 30.1 Å². The highest BCUT2D eigenvalue weighted by molar-refractivity contribution is 5.80. The monoisotopic (exact) mass is 252 g/mol. The van der Waals surface area contributed by atoms with Crippen LogP contribution in [0.3, 0.4) is 0 Å². The lowest BCUT2D eigenvalue weighted by atomic mass is 10.3. The average molecular weight is 252 g/mol. The molecule has 0 aliphatic carbocycles. The van der Waals surface area contributed by atoms with Crippen LogP contribution in [0.1, 0.15) is 0 Å². The Morgan fingerprint density at radius 1 is 1.11 bits per heavy atom. The Kier molecular flexibility index (Phi) is 1.99. The maximum Gasteiger partial charge on any atom is 0.261 e. The first-order valence-electron chi connectivity index (χ1n) is 5.69. The van der Waals surface area contributed by atoms with Crippen LogP contribution >= 0.6 is 0 Å². The molecule has 0 aliphatic rings. The summed E-state index contributed by atoms with van der Waals surface area (Å²) in [7, 11) is 0. The van der Waals surface area contributed by atoms with Crippen molar-refractivity contribution in [2.24, 2.45) is 0 Å². The molecule has 0 aliphatic heterocycles.